The molecule has 26 heavy (non-hydrogen) atoms. The van der Waals surface area contributed by atoms with E-state index in [0.717, 1.165) is 22.0 Å². The first kappa shape index (κ1) is 17.7. The Morgan fingerprint density at radius 1 is 1.19 bits per heavy atom. The summed E-state index contributed by atoms with van der Waals surface area (Å²) < 4.78 is 0. The van der Waals surface area contributed by atoms with Crippen molar-refractivity contribution >= 4 is 40.0 Å². The number of aromatic amines is 2. The number of hydrogen-bond donors (Lipinski definition) is 3. The summed E-state index contributed by atoms with van der Waals surface area (Å²) in [5.74, 6) is 0.452. The molecule has 0 aliphatic rings. The van der Waals surface area contributed by atoms with Crippen molar-refractivity contribution in [2.45, 2.75) is 27.7 Å². The lowest BCUT2D eigenvalue weighted by Gasteiger charge is -2.15. The first-order chi connectivity index (χ1) is 12.2. The number of ketones is 1. The van der Waals surface area contributed by atoms with E-state index < -0.39 is 5.41 Å². The quantitative estimate of drug-likeness (QED) is 0.456. The number of aryl methyl sites for hydroxylation is 1. The van der Waals surface area contributed by atoms with Gasteiger partial charge in [0, 0.05) is 40.5 Å². The fourth-order valence-electron chi connectivity index (χ4n) is 2.83. The number of fused-ring (bicyclic) bond motifs is 1. The molecular formula is C21H24N4O. The first-order valence-corrected chi connectivity index (χ1v) is 8.51. The van der Waals surface area contributed by atoms with E-state index in [2.05, 4.69) is 40.6 Å². The third kappa shape index (κ3) is 3.20. The Hall–Kier alpha value is -3.08. The number of nitrogens with one attached hydrogen (secondary N) is 2. The molecule has 0 fully saturated rings. The van der Waals surface area contributed by atoms with Crippen molar-refractivity contribution in [2.24, 2.45) is 10.4 Å². The molecule has 134 valence electrons. The number of rotatable bonds is 4. The maximum atomic E-state index is 12.4. The van der Waals surface area contributed by atoms with Crippen LogP contribution >= 0.6 is 0 Å². The molecule has 0 aliphatic carbocycles. The lowest BCUT2D eigenvalue weighted by atomic mass is 9.87. The fourth-order valence-corrected chi connectivity index (χ4v) is 2.83. The Morgan fingerprint density at radius 2 is 1.88 bits per heavy atom. The molecule has 0 amide bonds. The normalized spacial score (nSPS) is 12.2. The van der Waals surface area contributed by atoms with Crippen molar-refractivity contribution in [3.05, 3.63) is 53.9 Å². The number of hydrogen-bond acceptors (Lipinski definition) is 3. The molecule has 3 rings (SSSR count). The lowest BCUT2D eigenvalue weighted by molar-refractivity contribution is 0.0859. The van der Waals surface area contributed by atoms with E-state index in [4.69, 9.17) is 5.73 Å². The zero-order valence-corrected chi connectivity index (χ0v) is 15.6. The zero-order valence-electron chi connectivity index (χ0n) is 15.6. The summed E-state index contributed by atoms with van der Waals surface area (Å²) >= 11 is 0. The van der Waals surface area contributed by atoms with Crippen LogP contribution in [0.25, 0.3) is 16.5 Å². The highest BCUT2D eigenvalue weighted by Crippen LogP contribution is 2.31. The lowest BCUT2D eigenvalue weighted by Crippen LogP contribution is -2.20. The fraction of sp³-hybridized carbons (Fsp3) is 0.238. The summed E-state index contributed by atoms with van der Waals surface area (Å²) in [5.41, 5.74) is 10.4. The molecule has 2 heterocycles. The van der Waals surface area contributed by atoms with E-state index in [-0.39, 0.29) is 5.78 Å². The van der Waals surface area contributed by atoms with E-state index in [1.165, 1.54) is 5.56 Å². The van der Waals surface area contributed by atoms with Crippen molar-refractivity contribution in [1.82, 2.24) is 9.97 Å². The topological polar surface area (TPSA) is 87.0 Å². The van der Waals surface area contributed by atoms with Crippen LogP contribution in [-0.2, 0) is 0 Å². The van der Waals surface area contributed by atoms with Gasteiger partial charge in [0.1, 0.15) is 0 Å². The predicted molar refractivity (Wildman–Crippen MR) is 109 cm³/mol. The summed E-state index contributed by atoms with van der Waals surface area (Å²) in [5, 5.41) is 1.10. The average molecular weight is 348 g/mol. The van der Waals surface area contributed by atoms with Crippen LogP contribution in [0, 0.1) is 12.3 Å². The third-order valence-electron chi connectivity index (χ3n) is 4.36. The number of carbonyl (C=O) groups is 1. The molecule has 0 aliphatic heterocycles. The maximum absolute atomic E-state index is 12.4. The van der Waals surface area contributed by atoms with Gasteiger partial charge in [-0.2, -0.15) is 0 Å². The molecule has 0 saturated carbocycles. The number of Topliss-reactive ketones (excluding diaryl/α,β-unsaturated/α-hetero) is 1. The second-order valence-corrected chi connectivity index (χ2v) is 7.58. The van der Waals surface area contributed by atoms with Crippen molar-refractivity contribution in [3.8, 4) is 0 Å². The molecule has 2 aromatic heterocycles. The van der Waals surface area contributed by atoms with Crippen molar-refractivity contribution in [3.63, 3.8) is 0 Å². The van der Waals surface area contributed by atoms with Crippen LogP contribution < -0.4 is 5.73 Å². The Kier molecular flexibility index (Phi) is 4.32. The van der Waals surface area contributed by atoms with Crippen LogP contribution in [-0.4, -0.2) is 22.0 Å². The van der Waals surface area contributed by atoms with Crippen LogP contribution in [0.5, 0.6) is 0 Å². The van der Waals surface area contributed by atoms with E-state index in [0.29, 0.717) is 17.1 Å². The highest BCUT2D eigenvalue weighted by atomic mass is 16.1. The van der Waals surface area contributed by atoms with Gasteiger partial charge < -0.3 is 15.7 Å². The highest BCUT2D eigenvalue weighted by molar-refractivity contribution is 6.15. The molecular weight excluding hydrogens is 324 g/mol. The molecule has 0 unspecified atom stereocenters. The average Bonchev–Trinajstić information content (AvgIpc) is 3.14. The van der Waals surface area contributed by atoms with Crippen molar-refractivity contribution < 1.29 is 4.79 Å². The third-order valence-corrected chi connectivity index (χ3v) is 4.36. The zero-order chi connectivity index (χ0) is 19.1. The highest BCUT2D eigenvalue weighted by Gasteiger charge is 2.26. The van der Waals surface area contributed by atoms with Crippen LogP contribution in [0.3, 0.4) is 0 Å². The molecule has 4 N–H and O–H groups in total. The molecule has 0 atom stereocenters. The molecule has 5 heteroatoms. The van der Waals surface area contributed by atoms with Gasteiger partial charge in [-0.05, 0) is 24.6 Å². The van der Waals surface area contributed by atoms with Crippen molar-refractivity contribution in [1.29, 1.82) is 0 Å². The number of carbonyl (C=O) groups excluding carboxylic acids is 1. The predicted octanol–water partition coefficient (Wildman–Crippen LogP) is 5.03. The van der Waals surface area contributed by atoms with Gasteiger partial charge >= 0.3 is 0 Å². The number of allylic oxidation sites excluding steroid dienone is 1. The number of nitrogen functional groups attached to an aromatic ring is 1. The Balaban J connectivity index is 1.88. The number of benzene rings is 1. The summed E-state index contributed by atoms with van der Waals surface area (Å²) in [7, 11) is 0. The standard InChI is InChI=1S/C21H24N4O/c1-12-6-7-17-14(8-12)15(10-23-17)13(2)9-24-20-18(22)16(11-25-20)19(26)21(3,4)5/h6-11,23,25H,2,22H2,1,3-5H3/b24-9-. The number of nitrogens with zero attached hydrogens (tertiary/aromatic N) is 1. The van der Waals surface area contributed by atoms with Gasteiger partial charge in [0.05, 0.1) is 11.3 Å². The van der Waals surface area contributed by atoms with Gasteiger partial charge in [-0.15, -0.1) is 0 Å². The Labute approximate surface area is 153 Å². The monoisotopic (exact) mass is 348 g/mol. The first-order valence-electron chi connectivity index (χ1n) is 8.51. The van der Waals surface area contributed by atoms with Crippen LogP contribution in [0.1, 0.15) is 42.3 Å². The molecule has 0 bridgehead atoms. The van der Waals surface area contributed by atoms with Gasteiger partial charge in [-0.1, -0.05) is 39.0 Å². The SMILES string of the molecule is C=C(/C=N\c1[nH]cc(C(=O)C(C)(C)C)c1N)c1c[nH]c2ccc(C)cc12. The minimum Gasteiger partial charge on any atom is -0.395 e. The number of aliphatic imine (C=N–C) groups is 1. The number of anilines is 1. The van der Waals surface area contributed by atoms with E-state index in [1.54, 1.807) is 12.4 Å². The molecule has 0 spiro atoms. The summed E-state index contributed by atoms with van der Waals surface area (Å²) in [4.78, 5) is 23.1. The van der Waals surface area contributed by atoms with Gasteiger partial charge in [-0.3, -0.25) is 4.79 Å². The second-order valence-electron chi connectivity index (χ2n) is 7.58. The Morgan fingerprint density at radius 3 is 2.58 bits per heavy atom. The number of nitrogens with two attached hydrogens (primary N) is 1. The van der Waals surface area contributed by atoms with E-state index in [9.17, 15) is 4.79 Å². The second kappa shape index (κ2) is 6.33. The van der Waals surface area contributed by atoms with Gasteiger partial charge in [0.2, 0.25) is 0 Å². The van der Waals surface area contributed by atoms with E-state index in [1.807, 2.05) is 33.0 Å². The van der Waals surface area contributed by atoms with Gasteiger partial charge in [0.15, 0.2) is 11.6 Å². The molecule has 0 radical (unpaired) electrons. The van der Waals surface area contributed by atoms with Gasteiger partial charge in [-0.25, -0.2) is 4.99 Å². The minimum atomic E-state index is -0.497. The molecule has 1 aromatic carbocycles. The smallest absolute Gasteiger partial charge is 0.171 e. The van der Waals surface area contributed by atoms with Crippen molar-refractivity contribution in [2.75, 3.05) is 5.73 Å². The maximum Gasteiger partial charge on any atom is 0.171 e. The van der Waals surface area contributed by atoms with Crippen LogP contribution in [0.2, 0.25) is 0 Å². The summed E-state index contributed by atoms with van der Waals surface area (Å²) in [6.45, 7) is 11.8. The molecule has 0 saturated heterocycles. The minimum absolute atomic E-state index is 0.0152. The number of aromatic nitrogens is 2. The van der Waals surface area contributed by atoms with Gasteiger partial charge in [0.25, 0.3) is 0 Å². The largest absolute Gasteiger partial charge is 0.395 e. The van der Waals surface area contributed by atoms with Crippen LogP contribution in [0.4, 0.5) is 11.5 Å². The van der Waals surface area contributed by atoms with Crippen LogP contribution in [0.15, 0.2) is 42.2 Å². The molecule has 3 aromatic rings. The van der Waals surface area contributed by atoms with E-state index >= 15 is 0 Å². The summed E-state index contributed by atoms with van der Waals surface area (Å²) in [6.07, 6.45) is 5.21. The molecule has 5 nitrogen and oxygen atoms in total. The Bertz CT molecular complexity index is 1030. The summed E-state index contributed by atoms with van der Waals surface area (Å²) in [6, 6.07) is 6.22. The number of H-pyrrole nitrogens is 2.